The number of imide groups is 1. The Kier molecular flexibility index (Phi) is 5.74. The third-order valence-corrected chi connectivity index (χ3v) is 6.13. The molecule has 7 heteroatoms. The summed E-state index contributed by atoms with van der Waals surface area (Å²) in [6.45, 7) is 5.72. The van der Waals surface area contributed by atoms with Crippen molar-refractivity contribution < 1.29 is 18.8 Å². The van der Waals surface area contributed by atoms with Crippen molar-refractivity contribution in [1.29, 1.82) is 0 Å². The van der Waals surface area contributed by atoms with Gasteiger partial charge in [0.25, 0.3) is 11.8 Å². The fraction of sp³-hybridized carbons (Fsp3) is 0.143. The number of carbonyl (C=O) groups is 3. The van der Waals surface area contributed by atoms with E-state index in [0.717, 1.165) is 21.5 Å². The maximum Gasteiger partial charge on any atom is 0.257 e. The van der Waals surface area contributed by atoms with Crippen molar-refractivity contribution in [2.24, 2.45) is 0 Å². The molecule has 0 spiro atoms. The molecule has 3 aromatic carbocycles. The molecule has 1 fully saturated rings. The first-order chi connectivity index (χ1) is 17.0. The van der Waals surface area contributed by atoms with Gasteiger partial charge >= 0.3 is 0 Å². The first-order valence-electron chi connectivity index (χ1n) is 11.3. The van der Waals surface area contributed by atoms with E-state index in [1.165, 1.54) is 4.90 Å². The van der Waals surface area contributed by atoms with Crippen LogP contribution in [0.1, 0.15) is 22.3 Å². The fourth-order valence-electron chi connectivity index (χ4n) is 4.34. The lowest BCUT2D eigenvalue weighted by Gasteiger charge is -2.27. The summed E-state index contributed by atoms with van der Waals surface area (Å²) in [6, 6.07) is 20.6. The highest BCUT2D eigenvalue weighted by Gasteiger charge is 2.44. The number of hydrogen-bond donors (Lipinski definition) is 0. The molecule has 1 aliphatic heterocycles. The summed E-state index contributed by atoms with van der Waals surface area (Å²) in [6.07, 6.45) is 1.48. The molecule has 7 nitrogen and oxygen atoms in total. The van der Waals surface area contributed by atoms with Crippen molar-refractivity contribution >= 4 is 34.5 Å². The Morgan fingerprint density at radius 2 is 1.80 bits per heavy atom. The van der Waals surface area contributed by atoms with Gasteiger partial charge in [-0.15, -0.1) is 6.58 Å². The molecule has 0 saturated carbocycles. The molecule has 174 valence electrons. The van der Waals surface area contributed by atoms with Crippen LogP contribution >= 0.6 is 0 Å². The lowest BCUT2D eigenvalue weighted by molar-refractivity contribution is -0.122. The molecular weight excluding hydrogens is 442 g/mol. The van der Waals surface area contributed by atoms with E-state index in [4.69, 9.17) is 4.42 Å². The number of para-hydroxylation sites is 2. The monoisotopic (exact) mass is 465 g/mol. The number of oxazole rings is 1. The molecule has 1 saturated heterocycles. The highest BCUT2D eigenvalue weighted by molar-refractivity contribution is 6.23. The number of rotatable bonds is 6. The van der Waals surface area contributed by atoms with E-state index in [1.807, 2.05) is 43.3 Å². The highest BCUT2D eigenvalue weighted by atomic mass is 16.3. The number of aromatic nitrogens is 1. The number of nitrogens with zero attached hydrogens (tertiary/aromatic N) is 3. The molecule has 0 radical (unpaired) electrons. The van der Waals surface area contributed by atoms with E-state index < -0.39 is 11.9 Å². The minimum atomic E-state index is -0.899. The van der Waals surface area contributed by atoms with E-state index in [9.17, 15) is 14.4 Å². The molecule has 0 N–H and O–H groups in total. The van der Waals surface area contributed by atoms with Crippen LogP contribution in [0.25, 0.3) is 22.6 Å². The normalized spacial score (nSPS) is 15.6. The molecule has 1 aliphatic rings. The minimum Gasteiger partial charge on any atom is -0.436 e. The minimum absolute atomic E-state index is 0.0861. The Bertz CT molecular complexity index is 1420. The zero-order valence-electron chi connectivity index (χ0n) is 19.2. The number of anilines is 1. The lowest BCUT2D eigenvalue weighted by atomic mass is 10.1. The van der Waals surface area contributed by atoms with Gasteiger partial charge in [-0.25, -0.2) is 9.88 Å². The summed E-state index contributed by atoms with van der Waals surface area (Å²) in [5.74, 6) is -0.646. The predicted molar refractivity (Wildman–Crippen MR) is 133 cm³/mol. The first kappa shape index (κ1) is 22.3. The van der Waals surface area contributed by atoms with Crippen LogP contribution in [-0.2, 0) is 9.59 Å². The first-order valence-corrected chi connectivity index (χ1v) is 11.3. The Morgan fingerprint density at radius 1 is 1.09 bits per heavy atom. The number of aryl methyl sites for hydroxylation is 1. The van der Waals surface area contributed by atoms with Crippen LogP contribution in [0.4, 0.5) is 5.69 Å². The predicted octanol–water partition coefficient (Wildman–Crippen LogP) is 4.76. The van der Waals surface area contributed by atoms with Crippen molar-refractivity contribution in [3.05, 3.63) is 96.6 Å². The van der Waals surface area contributed by atoms with Crippen LogP contribution in [0.3, 0.4) is 0 Å². The molecule has 5 rings (SSSR count). The van der Waals surface area contributed by atoms with Crippen LogP contribution in [0.5, 0.6) is 0 Å². The Balaban J connectivity index is 1.41. The third-order valence-electron chi connectivity index (χ3n) is 6.13. The highest BCUT2D eigenvalue weighted by Crippen LogP contribution is 2.30. The number of carbonyl (C=O) groups excluding carboxylic acids is 3. The SMILES string of the molecule is C=CCN(C(=O)c1ccccc1C)C1CC(=O)N(c2ccc(-c3nc4ccccc4o3)cc2)C1=O. The number of hydrogen-bond acceptors (Lipinski definition) is 5. The molecule has 1 atom stereocenters. The molecule has 0 aliphatic carbocycles. The van der Waals surface area contributed by atoms with Crippen LogP contribution in [0.15, 0.2) is 89.9 Å². The van der Waals surface area contributed by atoms with E-state index >= 15 is 0 Å². The van der Waals surface area contributed by atoms with Crippen molar-refractivity contribution in [3.8, 4) is 11.5 Å². The van der Waals surface area contributed by atoms with Crippen molar-refractivity contribution in [2.45, 2.75) is 19.4 Å². The second kappa shape index (κ2) is 9.02. The quantitative estimate of drug-likeness (QED) is 0.303. The van der Waals surface area contributed by atoms with Crippen molar-refractivity contribution in [2.75, 3.05) is 11.4 Å². The average molecular weight is 466 g/mol. The molecule has 4 aromatic rings. The van der Waals surface area contributed by atoms with Gasteiger partial charge in [0.15, 0.2) is 5.58 Å². The van der Waals surface area contributed by atoms with E-state index in [2.05, 4.69) is 11.6 Å². The van der Waals surface area contributed by atoms with Gasteiger partial charge in [0, 0.05) is 17.7 Å². The van der Waals surface area contributed by atoms with E-state index in [-0.39, 0.29) is 24.8 Å². The van der Waals surface area contributed by atoms with E-state index in [0.29, 0.717) is 22.7 Å². The summed E-state index contributed by atoms with van der Waals surface area (Å²) in [7, 11) is 0. The molecule has 0 bridgehead atoms. The zero-order chi connectivity index (χ0) is 24.5. The average Bonchev–Trinajstić information content (AvgIpc) is 3.43. The van der Waals surface area contributed by atoms with Crippen molar-refractivity contribution in [1.82, 2.24) is 9.88 Å². The maximum atomic E-state index is 13.4. The second-order valence-electron chi connectivity index (χ2n) is 8.38. The molecule has 1 unspecified atom stereocenters. The van der Waals surface area contributed by atoms with Gasteiger partial charge in [-0.2, -0.15) is 0 Å². The van der Waals surface area contributed by atoms with Crippen molar-refractivity contribution in [3.63, 3.8) is 0 Å². The van der Waals surface area contributed by atoms with Gasteiger partial charge in [0.05, 0.1) is 12.1 Å². The summed E-state index contributed by atoms with van der Waals surface area (Å²) in [5, 5.41) is 0. The van der Waals surface area contributed by atoms with Gasteiger partial charge in [-0.3, -0.25) is 14.4 Å². The van der Waals surface area contributed by atoms with Crippen LogP contribution in [-0.4, -0.2) is 40.2 Å². The smallest absolute Gasteiger partial charge is 0.257 e. The number of fused-ring (bicyclic) bond motifs is 1. The molecule has 1 aromatic heterocycles. The summed E-state index contributed by atoms with van der Waals surface area (Å²) >= 11 is 0. The van der Waals surface area contributed by atoms with Crippen LogP contribution in [0, 0.1) is 6.92 Å². The van der Waals surface area contributed by atoms with Gasteiger partial charge in [-0.05, 0) is 55.0 Å². The van der Waals surface area contributed by atoms with Crippen LogP contribution < -0.4 is 4.90 Å². The topological polar surface area (TPSA) is 83.7 Å². The molecule has 3 amide bonds. The molecule has 2 heterocycles. The number of amides is 3. The molecule has 35 heavy (non-hydrogen) atoms. The Hall–Kier alpha value is -4.52. The molecular formula is C28H23N3O4. The third kappa shape index (κ3) is 4.01. The summed E-state index contributed by atoms with van der Waals surface area (Å²) in [4.78, 5) is 46.6. The fourth-order valence-corrected chi connectivity index (χ4v) is 4.34. The zero-order valence-corrected chi connectivity index (χ0v) is 19.2. The summed E-state index contributed by atoms with van der Waals surface area (Å²) < 4.78 is 5.80. The Labute approximate surface area is 202 Å². The van der Waals surface area contributed by atoms with Gasteiger partial charge in [0.1, 0.15) is 11.6 Å². The lowest BCUT2D eigenvalue weighted by Crippen LogP contribution is -2.45. The van der Waals surface area contributed by atoms with Crippen LogP contribution in [0.2, 0.25) is 0 Å². The largest absolute Gasteiger partial charge is 0.436 e. The van der Waals surface area contributed by atoms with Gasteiger partial charge < -0.3 is 9.32 Å². The second-order valence-corrected chi connectivity index (χ2v) is 8.38. The van der Waals surface area contributed by atoms with Gasteiger partial charge in [-0.1, -0.05) is 36.4 Å². The standard InChI is InChI=1S/C28H23N3O4/c1-3-16-30(27(33)21-9-5-4-8-18(21)2)23-17-25(32)31(28(23)34)20-14-12-19(13-15-20)26-29-22-10-6-7-11-24(22)35-26/h3-15,23H,1,16-17H2,2H3. The maximum absolute atomic E-state index is 13.4. The van der Waals surface area contributed by atoms with Gasteiger partial charge in [0.2, 0.25) is 11.8 Å². The van der Waals surface area contributed by atoms with E-state index in [1.54, 1.807) is 42.5 Å². The Morgan fingerprint density at radius 3 is 2.51 bits per heavy atom. The number of benzene rings is 3. The summed E-state index contributed by atoms with van der Waals surface area (Å²) in [5.41, 5.74) is 3.89.